The van der Waals surface area contributed by atoms with Crippen molar-refractivity contribution in [2.24, 2.45) is 0 Å². The Bertz CT molecular complexity index is 465. The first-order valence-corrected chi connectivity index (χ1v) is 7.31. The lowest BCUT2D eigenvalue weighted by Gasteiger charge is -2.20. The molecule has 0 N–H and O–H groups in total. The van der Waals surface area contributed by atoms with Gasteiger partial charge in [0.05, 0.1) is 16.0 Å². The summed E-state index contributed by atoms with van der Waals surface area (Å²) in [6, 6.07) is 5.95. The molecule has 2 unspecified atom stereocenters. The van der Waals surface area contributed by atoms with Crippen LogP contribution >= 0.6 is 0 Å². The van der Waals surface area contributed by atoms with Gasteiger partial charge in [-0.2, -0.15) is 0 Å². The minimum absolute atomic E-state index is 0.176. The monoisotopic (exact) mass is 250 g/mol. The van der Waals surface area contributed by atoms with E-state index in [9.17, 15) is 9.00 Å². The molecule has 2 nitrogen and oxygen atoms in total. The van der Waals surface area contributed by atoms with Crippen LogP contribution in [0.15, 0.2) is 23.1 Å². The minimum atomic E-state index is -1.17. The second-order valence-electron chi connectivity index (χ2n) is 4.77. The first kappa shape index (κ1) is 12.5. The molecule has 1 aromatic rings. The number of rotatable bonds is 2. The molecule has 2 atom stereocenters. The van der Waals surface area contributed by atoms with Gasteiger partial charge in [-0.1, -0.05) is 18.6 Å². The van der Waals surface area contributed by atoms with Crippen molar-refractivity contribution in [3.8, 4) is 0 Å². The van der Waals surface area contributed by atoms with Crippen LogP contribution in [0, 0.1) is 13.8 Å². The number of carbonyl (C=O) groups excluding carboxylic acids is 1. The van der Waals surface area contributed by atoms with Crippen molar-refractivity contribution in [1.29, 1.82) is 0 Å². The Morgan fingerprint density at radius 1 is 1.24 bits per heavy atom. The highest BCUT2D eigenvalue weighted by Gasteiger charge is 2.29. The van der Waals surface area contributed by atoms with Crippen LogP contribution in [0.1, 0.15) is 36.8 Å². The number of Topliss-reactive ketones (excluding diaryl/α,β-unsaturated/α-hetero) is 1. The molecular formula is C14H18O2S. The Kier molecular flexibility index (Phi) is 3.77. The van der Waals surface area contributed by atoms with Crippen LogP contribution in [-0.2, 0) is 15.6 Å². The lowest BCUT2D eigenvalue weighted by Crippen LogP contribution is -2.29. The van der Waals surface area contributed by atoms with Gasteiger partial charge in [-0.15, -0.1) is 0 Å². The molecule has 0 spiro atoms. The molecule has 0 bridgehead atoms. The van der Waals surface area contributed by atoms with Gasteiger partial charge in [-0.05, 0) is 43.9 Å². The van der Waals surface area contributed by atoms with Gasteiger partial charge in [0, 0.05) is 11.3 Å². The fourth-order valence-electron chi connectivity index (χ4n) is 2.25. The van der Waals surface area contributed by atoms with E-state index in [-0.39, 0.29) is 11.0 Å². The molecule has 1 aliphatic carbocycles. The first-order chi connectivity index (χ1) is 8.09. The first-order valence-electron chi connectivity index (χ1n) is 6.10. The van der Waals surface area contributed by atoms with Crippen LogP contribution in [-0.4, -0.2) is 15.2 Å². The molecule has 1 fully saturated rings. The zero-order valence-electron chi connectivity index (χ0n) is 10.4. The summed E-state index contributed by atoms with van der Waals surface area (Å²) >= 11 is 0. The van der Waals surface area contributed by atoms with Crippen molar-refractivity contribution < 1.29 is 9.00 Å². The maximum absolute atomic E-state index is 12.5. The lowest BCUT2D eigenvalue weighted by atomic mass is 9.99. The van der Waals surface area contributed by atoms with Gasteiger partial charge < -0.3 is 0 Å². The number of ketones is 1. The second-order valence-corrected chi connectivity index (χ2v) is 6.37. The quantitative estimate of drug-likeness (QED) is 0.808. The van der Waals surface area contributed by atoms with Crippen LogP contribution in [0.2, 0.25) is 0 Å². The normalized spacial score (nSPS) is 22.5. The molecule has 0 aliphatic heterocycles. The standard InChI is InChI=1S/C14H18O2S/c1-10-7-8-11(2)14(9-10)17(16)13-6-4-3-5-12(13)15/h7-9,13H,3-6H2,1-2H3. The highest BCUT2D eigenvalue weighted by atomic mass is 32.2. The number of benzene rings is 1. The Hall–Kier alpha value is -0.960. The molecule has 17 heavy (non-hydrogen) atoms. The predicted molar refractivity (Wildman–Crippen MR) is 69.6 cm³/mol. The van der Waals surface area contributed by atoms with E-state index in [1.54, 1.807) is 0 Å². The van der Waals surface area contributed by atoms with E-state index in [1.165, 1.54) is 0 Å². The molecule has 2 rings (SSSR count). The minimum Gasteiger partial charge on any atom is -0.298 e. The molecule has 1 saturated carbocycles. The van der Waals surface area contributed by atoms with Crippen molar-refractivity contribution in [1.82, 2.24) is 0 Å². The summed E-state index contributed by atoms with van der Waals surface area (Å²) in [6.45, 7) is 3.95. The molecule has 92 valence electrons. The average molecular weight is 250 g/mol. The molecule has 0 aromatic heterocycles. The van der Waals surface area contributed by atoms with Gasteiger partial charge in [-0.3, -0.25) is 9.00 Å². The largest absolute Gasteiger partial charge is 0.298 e. The van der Waals surface area contributed by atoms with Gasteiger partial charge in [0.25, 0.3) is 0 Å². The summed E-state index contributed by atoms with van der Waals surface area (Å²) in [5, 5.41) is -0.274. The fourth-order valence-corrected chi connectivity index (χ4v) is 3.99. The van der Waals surface area contributed by atoms with Crippen molar-refractivity contribution in [3.63, 3.8) is 0 Å². The molecule has 0 heterocycles. The molecule has 1 aliphatic rings. The molecule has 1 aromatic carbocycles. The number of hydrogen-bond donors (Lipinski definition) is 0. The van der Waals surface area contributed by atoms with E-state index in [1.807, 2.05) is 32.0 Å². The topological polar surface area (TPSA) is 34.1 Å². The lowest BCUT2D eigenvalue weighted by molar-refractivity contribution is -0.119. The van der Waals surface area contributed by atoms with Crippen LogP contribution in [0.5, 0.6) is 0 Å². The number of aryl methyl sites for hydroxylation is 2. The summed E-state index contributed by atoms with van der Waals surface area (Å²) in [5.41, 5.74) is 2.12. The van der Waals surface area contributed by atoms with E-state index in [2.05, 4.69) is 0 Å². The van der Waals surface area contributed by atoms with Gasteiger partial charge in [-0.25, -0.2) is 0 Å². The maximum atomic E-state index is 12.5. The van der Waals surface area contributed by atoms with Crippen molar-refractivity contribution in [3.05, 3.63) is 29.3 Å². The van der Waals surface area contributed by atoms with E-state index >= 15 is 0 Å². The summed E-state index contributed by atoms with van der Waals surface area (Å²) in [6.07, 6.45) is 3.35. The van der Waals surface area contributed by atoms with Crippen LogP contribution in [0.3, 0.4) is 0 Å². The smallest absolute Gasteiger partial charge is 0.148 e. The van der Waals surface area contributed by atoms with Crippen LogP contribution in [0.25, 0.3) is 0 Å². The molecular weight excluding hydrogens is 232 g/mol. The Morgan fingerprint density at radius 3 is 2.71 bits per heavy atom. The van der Waals surface area contributed by atoms with Crippen LogP contribution < -0.4 is 0 Å². The average Bonchev–Trinajstić information content (AvgIpc) is 2.32. The van der Waals surface area contributed by atoms with Gasteiger partial charge in [0.1, 0.15) is 5.78 Å². The SMILES string of the molecule is Cc1ccc(C)c(S(=O)C2CCCCC2=O)c1. The fraction of sp³-hybridized carbons (Fsp3) is 0.500. The van der Waals surface area contributed by atoms with E-state index in [0.717, 1.165) is 35.3 Å². The zero-order valence-corrected chi connectivity index (χ0v) is 11.2. The van der Waals surface area contributed by atoms with Gasteiger partial charge >= 0.3 is 0 Å². The third kappa shape index (κ3) is 2.65. The molecule has 0 amide bonds. The number of carbonyl (C=O) groups is 1. The molecule has 0 radical (unpaired) electrons. The summed E-state index contributed by atoms with van der Waals surface area (Å²) in [5.74, 6) is 0.176. The van der Waals surface area contributed by atoms with E-state index in [0.29, 0.717) is 6.42 Å². The third-order valence-electron chi connectivity index (χ3n) is 3.32. The van der Waals surface area contributed by atoms with E-state index < -0.39 is 10.8 Å². The summed E-state index contributed by atoms with van der Waals surface area (Å²) < 4.78 is 12.5. The molecule has 0 saturated heterocycles. The molecule has 3 heteroatoms. The Labute approximate surface area is 105 Å². The van der Waals surface area contributed by atoms with Crippen molar-refractivity contribution >= 4 is 16.6 Å². The third-order valence-corrected chi connectivity index (χ3v) is 5.21. The maximum Gasteiger partial charge on any atom is 0.148 e. The summed E-state index contributed by atoms with van der Waals surface area (Å²) in [7, 11) is -1.17. The Morgan fingerprint density at radius 2 is 2.00 bits per heavy atom. The van der Waals surface area contributed by atoms with Gasteiger partial charge in [0.2, 0.25) is 0 Å². The summed E-state index contributed by atoms with van der Waals surface area (Å²) in [4.78, 5) is 12.7. The Balaban J connectivity index is 2.29. The predicted octanol–water partition coefficient (Wildman–Crippen LogP) is 2.92. The van der Waals surface area contributed by atoms with Crippen LogP contribution in [0.4, 0.5) is 0 Å². The zero-order chi connectivity index (χ0) is 12.4. The van der Waals surface area contributed by atoms with Crippen molar-refractivity contribution in [2.45, 2.75) is 49.7 Å². The second kappa shape index (κ2) is 5.13. The number of hydrogen-bond acceptors (Lipinski definition) is 2. The van der Waals surface area contributed by atoms with Crippen molar-refractivity contribution in [2.75, 3.05) is 0 Å². The van der Waals surface area contributed by atoms with Gasteiger partial charge in [0.15, 0.2) is 0 Å². The van der Waals surface area contributed by atoms with E-state index in [4.69, 9.17) is 0 Å². The highest BCUT2D eigenvalue weighted by molar-refractivity contribution is 7.86. The highest BCUT2D eigenvalue weighted by Crippen LogP contribution is 2.25.